The molecule has 0 aliphatic carbocycles. The van der Waals surface area contributed by atoms with Crippen LogP contribution in [-0.4, -0.2) is 29.7 Å². The molecule has 0 spiro atoms. The van der Waals surface area contributed by atoms with E-state index in [2.05, 4.69) is 5.32 Å². The summed E-state index contributed by atoms with van der Waals surface area (Å²) in [7, 11) is 1.58. The first kappa shape index (κ1) is 18.4. The molecule has 0 fully saturated rings. The summed E-state index contributed by atoms with van der Waals surface area (Å²) in [6.45, 7) is 0.169. The number of benzene rings is 3. The fourth-order valence-electron chi connectivity index (χ4n) is 3.22. The standard InChI is InChI=1S/C23H18N2O4/c1-29-18-10-7-15(8-11-18)14-25-22(27)19-12-9-17(13-20(19)23(25)28)24-21(26)16-5-3-2-4-6-16/h2-13H,14H2,1H3,(H,24,26). The highest BCUT2D eigenvalue weighted by Gasteiger charge is 2.35. The summed E-state index contributed by atoms with van der Waals surface area (Å²) < 4.78 is 5.13. The molecule has 29 heavy (non-hydrogen) atoms. The summed E-state index contributed by atoms with van der Waals surface area (Å²) in [4.78, 5) is 39.0. The van der Waals surface area contributed by atoms with E-state index in [1.807, 2.05) is 18.2 Å². The minimum atomic E-state index is -0.378. The van der Waals surface area contributed by atoms with E-state index in [9.17, 15) is 14.4 Å². The summed E-state index contributed by atoms with van der Waals surface area (Å²) in [5.41, 5.74) is 2.41. The van der Waals surface area contributed by atoms with Crippen LogP contribution in [-0.2, 0) is 6.54 Å². The van der Waals surface area contributed by atoms with Gasteiger partial charge in [-0.25, -0.2) is 0 Å². The van der Waals surface area contributed by atoms with Crippen LogP contribution in [0.5, 0.6) is 5.75 Å². The van der Waals surface area contributed by atoms with Crippen LogP contribution in [0, 0.1) is 0 Å². The second-order valence-electron chi connectivity index (χ2n) is 6.63. The number of hydrogen-bond acceptors (Lipinski definition) is 4. The van der Waals surface area contributed by atoms with Crippen molar-refractivity contribution in [3.63, 3.8) is 0 Å². The van der Waals surface area contributed by atoms with E-state index >= 15 is 0 Å². The molecule has 1 aliphatic rings. The van der Waals surface area contributed by atoms with Gasteiger partial charge in [0.15, 0.2) is 0 Å². The lowest BCUT2D eigenvalue weighted by Crippen LogP contribution is -2.29. The van der Waals surface area contributed by atoms with Gasteiger partial charge in [0.1, 0.15) is 5.75 Å². The molecule has 1 heterocycles. The maximum absolute atomic E-state index is 12.8. The topological polar surface area (TPSA) is 75.7 Å². The van der Waals surface area contributed by atoms with Crippen molar-refractivity contribution in [2.24, 2.45) is 0 Å². The number of amides is 3. The first-order valence-electron chi connectivity index (χ1n) is 9.06. The molecule has 6 nitrogen and oxygen atoms in total. The van der Waals surface area contributed by atoms with Crippen molar-refractivity contribution >= 4 is 23.4 Å². The second-order valence-corrected chi connectivity index (χ2v) is 6.63. The van der Waals surface area contributed by atoms with Gasteiger partial charge in [0, 0.05) is 11.3 Å². The molecule has 3 aromatic rings. The Morgan fingerprint density at radius 1 is 0.897 bits per heavy atom. The number of methoxy groups -OCH3 is 1. The fourth-order valence-corrected chi connectivity index (χ4v) is 3.22. The molecule has 0 saturated carbocycles. The third-order valence-corrected chi connectivity index (χ3v) is 4.76. The Kier molecular flexibility index (Phi) is 4.83. The minimum absolute atomic E-state index is 0.169. The lowest BCUT2D eigenvalue weighted by atomic mass is 10.1. The summed E-state index contributed by atoms with van der Waals surface area (Å²) in [5, 5.41) is 2.77. The number of nitrogens with zero attached hydrogens (tertiary/aromatic N) is 1. The fraction of sp³-hybridized carbons (Fsp3) is 0.0870. The predicted molar refractivity (Wildman–Crippen MR) is 108 cm³/mol. The van der Waals surface area contributed by atoms with Crippen LogP contribution in [0.4, 0.5) is 5.69 Å². The number of nitrogens with one attached hydrogen (secondary N) is 1. The maximum Gasteiger partial charge on any atom is 0.261 e. The average Bonchev–Trinajstić information content (AvgIpc) is 2.99. The van der Waals surface area contributed by atoms with E-state index in [0.29, 0.717) is 22.6 Å². The van der Waals surface area contributed by atoms with Crippen molar-refractivity contribution < 1.29 is 19.1 Å². The van der Waals surface area contributed by atoms with Gasteiger partial charge in [-0.3, -0.25) is 19.3 Å². The first-order valence-corrected chi connectivity index (χ1v) is 9.06. The van der Waals surface area contributed by atoms with Crippen LogP contribution >= 0.6 is 0 Å². The molecule has 3 amide bonds. The normalized spacial score (nSPS) is 12.7. The summed E-state index contributed by atoms with van der Waals surface area (Å²) in [6.07, 6.45) is 0. The van der Waals surface area contributed by atoms with Crippen molar-refractivity contribution in [1.82, 2.24) is 4.90 Å². The highest BCUT2D eigenvalue weighted by Crippen LogP contribution is 2.28. The van der Waals surface area contributed by atoms with Gasteiger partial charge < -0.3 is 10.1 Å². The number of anilines is 1. The molecular weight excluding hydrogens is 368 g/mol. The summed E-state index contributed by atoms with van der Waals surface area (Å²) in [5.74, 6) is -0.300. The zero-order valence-corrected chi connectivity index (χ0v) is 15.7. The molecule has 0 atom stereocenters. The number of carbonyl (C=O) groups is 3. The smallest absolute Gasteiger partial charge is 0.261 e. The van der Waals surface area contributed by atoms with Crippen molar-refractivity contribution in [2.75, 3.05) is 12.4 Å². The van der Waals surface area contributed by atoms with Crippen LogP contribution in [0.3, 0.4) is 0 Å². The third kappa shape index (κ3) is 3.60. The number of fused-ring (bicyclic) bond motifs is 1. The van der Waals surface area contributed by atoms with Gasteiger partial charge in [0.05, 0.1) is 24.8 Å². The van der Waals surface area contributed by atoms with E-state index in [1.165, 1.54) is 4.90 Å². The van der Waals surface area contributed by atoms with Gasteiger partial charge in [-0.05, 0) is 48.0 Å². The van der Waals surface area contributed by atoms with E-state index in [-0.39, 0.29) is 29.8 Å². The lowest BCUT2D eigenvalue weighted by molar-refractivity contribution is 0.0642. The number of ether oxygens (including phenoxy) is 1. The Bertz CT molecular complexity index is 1090. The molecule has 4 rings (SSSR count). The largest absolute Gasteiger partial charge is 0.497 e. The Balaban J connectivity index is 1.53. The Morgan fingerprint density at radius 3 is 2.28 bits per heavy atom. The van der Waals surface area contributed by atoms with Gasteiger partial charge >= 0.3 is 0 Å². The van der Waals surface area contributed by atoms with Crippen LogP contribution in [0.15, 0.2) is 72.8 Å². The highest BCUT2D eigenvalue weighted by atomic mass is 16.5. The van der Waals surface area contributed by atoms with Gasteiger partial charge in [-0.1, -0.05) is 30.3 Å². The molecule has 0 unspecified atom stereocenters. The second kappa shape index (κ2) is 7.59. The monoisotopic (exact) mass is 386 g/mol. The van der Waals surface area contributed by atoms with Crippen LogP contribution < -0.4 is 10.1 Å². The summed E-state index contributed by atoms with van der Waals surface area (Å²) >= 11 is 0. The van der Waals surface area contributed by atoms with Gasteiger partial charge in [-0.2, -0.15) is 0 Å². The van der Waals surface area contributed by atoms with E-state index in [1.54, 1.807) is 61.7 Å². The zero-order valence-electron chi connectivity index (χ0n) is 15.7. The number of carbonyl (C=O) groups excluding carboxylic acids is 3. The molecule has 0 aromatic heterocycles. The molecule has 3 aromatic carbocycles. The highest BCUT2D eigenvalue weighted by molar-refractivity contribution is 6.22. The maximum atomic E-state index is 12.8. The minimum Gasteiger partial charge on any atom is -0.497 e. The molecular formula is C23H18N2O4. The number of rotatable bonds is 5. The Labute approximate surface area is 167 Å². The van der Waals surface area contributed by atoms with Crippen molar-refractivity contribution in [3.8, 4) is 5.75 Å². The van der Waals surface area contributed by atoms with E-state index in [0.717, 1.165) is 5.56 Å². The first-order chi connectivity index (χ1) is 14.1. The molecule has 144 valence electrons. The Hall–Kier alpha value is -3.93. The molecule has 1 N–H and O–H groups in total. The van der Waals surface area contributed by atoms with Crippen LogP contribution in [0.2, 0.25) is 0 Å². The summed E-state index contributed by atoms with van der Waals surface area (Å²) in [6, 6.07) is 20.7. The molecule has 0 bridgehead atoms. The van der Waals surface area contributed by atoms with Crippen molar-refractivity contribution in [1.29, 1.82) is 0 Å². The van der Waals surface area contributed by atoms with Crippen molar-refractivity contribution in [2.45, 2.75) is 6.54 Å². The number of hydrogen-bond donors (Lipinski definition) is 1. The zero-order chi connectivity index (χ0) is 20.4. The van der Waals surface area contributed by atoms with E-state index < -0.39 is 0 Å². The van der Waals surface area contributed by atoms with Gasteiger partial charge in [0.2, 0.25) is 0 Å². The van der Waals surface area contributed by atoms with Gasteiger partial charge in [0.25, 0.3) is 17.7 Å². The van der Waals surface area contributed by atoms with Crippen LogP contribution in [0.1, 0.15) is 36.6 Å². The molecule has 1 aliphatic heterocycles. The molecule has 6 heteroatoms. The molecule has 0 saturated heterocycles. The van der Waals surface area contributed by atoms with E-state index in [4.69, 9.17) is 4.74 Å². The SMILES string of the molecule is COc1ccc(CN2C(=O)c3ccc(NC(=O)c4ccccc4)cc3C2=O)cc1. The predicted octanol–water partition coefficient (Wildman–Crippen LogP) is 3.74. The lowest BCUT2D eigenvalue weighted by Gasteiger charge is -2.14. The van der Waals surface area contributed by atoms with Crippen molar-refractivity contribution in [3.05, 3.63) is 95.1 Å². The molecule has 0 radical (unpaired) electrons. The number of imide groups is 1. The van der Waals surface area contributed by atoms with Crippen LogP contribution in [0.25, 0.3) is 0 Å². The van der Waals surface area contributed by atoms with Gasteiger partial charge in [-0.15, -0.1) is 0 Å². The third-order valence-electron chi connectivity index (χ3n) is 4.76. The quantitative estimate of drug-likeness (QED) is 0.678. The average molecular weight is 386 g/mol. The Morgan fingerprint density at radius 2 is 1.59 bits per heavy atom.